The molecule has 13 heteroatoms. The highest BCUT2D eigenvalue weighted by atomic mass is 32.2. The van der Waals surface area contributed by atoms with Gasteiger partial charge in [0.25, 0.3) is 0 Å². The molecule has 0 aliphatic heterocycles. The van der Waals surface area contributed by atoms with Gasteiger partial charge in [0.2, 0.25) is 21.8 Å². The van der Waals surface area contributed by atoms with E-state index in [0.29, 0.717) is 31.6 Å². The fraction of sp³-hybridized carbons (Fsp3) is 0.324. The lowest BCUT2D eigenvalue weighted by molar-refractivity contribution is -0.170. The highest BCUT2D eigenvalue weighted by molar-refractivity contribution is 7.89. The Morgan fingerprint density at radius 3 is 2.21 bits per heavy atom. The van der Waals surface area contributed by atoms with E-state index in [9.17, 15) is 28.3 Å². The van der Waals surface area contributed by atoms with Crippen LogP contribution in [0.4, 0.5) is 0 Å². The quantitative estimate of drug-likeness (QED) is 0.0877. The number of methoxy groups -OCH3 is 1. The first-order valence-electron chi connectivity index (χ1n) is 15.2. The van der Waals surface area contributed by atoms with Crippen LogP contribution in [0.1, 0.15) is 30.5 Å². The van der Waals surface area contributed by atoms with Crippen molar-refractivity contribution in [3.8, 4) is 16.9 Å². The Balaban J connectivity index is 1.35. The lowest BCUT2D eigenvalue weighted by Crippen LogP contribution is -2.45. The lowest BCUT2D eigenvalue weighted by Gasteiger charge is -2.31. The van der Waals surface area contributed by atoms with E-state index in [0.717, 1.165) is 26.7 Å². The van der Waals surface area contributed by atoms with Crippen molar-refractivity contribution >= 4 is 21.8 Å². The van der Waals surface area contributed by atoms with Crippen LogP contribution in [-0.4, -0.2) is 94.8 Å². The van der Waals surface area contributed by atoms with Crippen LogP contribution >= 0.6 is 0 Å². The minimum atomic E-state index is -4.01. The Hall–Kier alpha value is -4.56. The molecule has 0 bridgehead atoms. The number of hydrogen-bond acceptors (Lipinski definition) is 8. The molecule has 3 N–H and O–H groups in total. The van der Waals surface area contributed by atoms with Gasteiger partial charge >= 0.3 is 0 Å². The minimum Gasteiger partial charge on any atom is -0.497 e. The highest BCUT2D eigenvalue weighted by Crippen LogP contribution is 2.21. The summed E-state index contributed by atoms with van der Waals surface area (Å²) in [4.78, 5) is 34.8. The summed E-state index contributed by atoms with van der Waals surface area (Å²) < 4.78 is 31.7. The number of hydroxylamine groups is 2. The average Bonchev–Trinajstić information content (AvgIpc) is 3.62. The molecule has 2 amide bonds. The second kappa shape index (κ2) is 16.8. The van der Waals surface area contributed by atoms with Gasteiger partial charge in [-0.2, -0.15) is 4.31 Å². The van der Waals surface area contributed by atoms with Crippen molar-refractivity contribution < 1.29 is 33.1 Å². The Bertz CT molecular complexity index is 1670. The summed E-state index contributed by atoms with van der Waals surface area (Å²) in [6, 6.07) is 23.5. The normalized spacial score (nSPS) is 12.1. The van der Waals surface area contributed by atoms with Gasteiger partial charge in [0.15, 0.2) is 0 Å². The first-order valence-corrected chi connectivity index (χ1v) is 16.7. The highest BCUT2D eigenvalue weighted by Gasteiger charge is 2.27. The molecule has 12 nitrogen and oxygen atoms in total. The van der Waals surface area contributed by atoms with Gasteiger partial charge in [-0.25, -0.2) is 18.5 Å². The minimum absolute atomic E-state index is 0.0353. The number of aryl methyl sites for hydroxylation is 1. The Morgan fingerprint density at radius 1 is 0.936 bits per heavy atom. The third-order valence-corrected chi connectivity index (χ3v) is 9.65. The summed E-state index contributed by atoms with van der Waals surface area (Å²) >= 11 is 0. The van der Waals surface area contributed by atoms with Crippen LogP contribution in [0.15, 0.2) is 96.3 Å². The predicted molar refractivity (Wildman–Crippen MR) is 176 cm³/mol. The molecule has 1 heterocycles. The second-order valence-electron chi connectivity index (χ2n) is 11.1. The average molecular weight is 664 g/mol. The molecule has 47 heavy (non-hydrogen) atoms. The van der Waals surface area contributed by atoms with Crippen LogP contribution in [0.3, 0.4) is 0 Å². The first-order chi connectivity index (χ1) is 22.6. The van der Waals surface area contributed by atoms with Crippen molar-refractivity contribution in [2.24, 2.45) is 0 Å². The molecule has 1 atom stereocenters. The van der Waals surface area contributed by atoms with Gasteiger partial charge in [0, 0.05) is 44.7 Å². The third kappa shape index (κ3) is 9.72. The smallest absolute Gasteiger partial charge is 0.247 e. The summed E-state index contributed by atoms with van der Waals surface area (Å²) in [6.07, 6.45) is 4.20. The van der Waals surface area contributed by atoms with Crippen LogP contribution < -0.4 is 4.74 Å². The number of ether oxygens (including phenoxy) is 1. The third-order valence-electron chi connectivity index (χ3n) is 7.85. The number of carbonyl (C=O) groups is 2. The van der Waals surface area contributed by atoms with Crippen molar-refractivity contribution in [3.05, 3.63) is 103 Å². The number of aliphatic hydroxyl groups is 1. The number of nitrogens with one attached hydrogen (secondary N) is 1. The van der Waals surface area contributed by atoms with E-state index in [-0.39, 0.29) is 35.3 Å². The molecule has 3 aromatic carbocycles. The summed E-state index contributed by atoms with van der Waals surface area (Å²) in [7, 11) is -1.32. The van der Waals surface area contributed by atoms with E-state index >= 15 is 0 Å². The van der Waals surface area contributed by atoms with Crippen molar-refractivity contribution in [2.75, 3.05) is 34.0 Å². The van der Waals surface area contributed by atoms with Crippen LogP contribution in [0, 0.1) is 0 Å². The largest absolute Gasteiger partial charge is 0.497 e. The van der Waals surface area contributed by atoms with Crippen molar-refractivity contribution in [1.82, 2.24) is 24.2 Å². The number of hydrogen-bond donors (Lipinski definition) is 3. The Morgan fingerprint density at radius 2 is 1.60 bits per heavy atom. The number of imidazole rings is 1. The van der Waals surface area contributed by atoms with Gasteiger partial charge in [0.1, 0.15) is 12.4 Å². The molecule has 0 aliphatic rings. The van der Waals surface area contributed by atoms with Gasteiger partial charge in [0.05, 0.1) is 31.0 Å². The molecule has 0 radical (unpaired) electrons. The molecule has 0 saturated carbocycles. The lowest BCUT2D eigenvalue weighted by atomic mass is 10.0. The van der Waals surface area contributed by atoms with Gasteiger partial charge < -0.3 is 19.7 Å². The number of aromatic amines is 1. The van der Waals surface area contributed by atoms with E-state index in [1.54, 1.807) is 11.1 Å². The number of aliphatic hydroxyl groups excluding tert-OH is 1. The summed E-state index contributed by atoms with van der Waals surface area (Å²) in [5.74, 6) is -0.707. The summed E-state index contributed by atoms with van der Waals surface area (Å²) in [6.45, 7) is -0.601. The van der Waals surface area contributed by atoms with Gasteiger partial charge in [-0.15, -0.1) is 0 Å². The standard InChI is InChI=1S/C34H41N5O7S/c1-37(47(44,45)32-16-14-31(46-2)15-17-32)25-39(43)34(42)19-18-33(41)38(30(23-40)21-29-22-35-24-36-29)20-6-7-26-10-12-28(13-11-26)27-8-4-3-5-9-27/h3-5,8-17,22,24,30,40,43H,6-7,18-21,23,25H2,1-2H3,(H,35,36). The number of rotatable bonds is 17. The Kier molecular flexibility index (Phi) is 12.6. The summed E-state index contributed by atoms with van der Waals surface area (Å²) in [5, 5.41) is 20.9. The summed E-state index contributed by atoms with van der Waals surface area (Å²) in [5.41, 5.74) is 4.09. The topological polar surface area (TPSA) is 156 Å². The predicted octanol–water partition coefficient (Wildman–Crippen LogP) is 3.73. The van der Waals surface area contributed by atoms with Crippen LogP contribution in [0.2, 0.25) is 0 Å². The number of sulfonamides is 1. The first kappa shape index (κ1) is 35.3. The molecule has 1 unspecified atom stereocenters. The zero-order chi connectivity index (χ0) is 33.8. The fourth-order valence-corrected chi connectivity index (χ4v) is 6.24. The maximum atomic E-state index is 13.5. The van der Waals surface area contributed by atoms with E-state index in [1.165, 1.54) is 44.8 Å². The van der Waals surface area contributed by atoms with E-state index in [4.69, 9.17) is 4.74 Å². The molecular weight excluding hydrogens is 622 g/mol. The van der Waals surface area contributed by atoms with E-state index < -0.39 is 28.6 Å². The molecule has 4 rings (SSSR count). The van der Waals surface area contributed by atoms with Gasteiger partial charge in [-0.3, -0.25) is 14.8 Å². The van der Waals surface area contributed by atoms with Gasteiger partial charge in [-0.05, 0) is 53.8 Å². The van der Waals surface area contributed by atoms with E-state index in [1.807, 2.05) is 18.2 Å². The number of nitrogens with zero attached hydrogens (tertiary/aromatic N) is 4. The molecular formula is C34H41N5O7S. The van der Waals surface area contributed by atoms with E-state index in [2.05, 4.69) is 46.4 Å². The zero-order valence-corrected chi connectivity index (χ0v) is 27.3. The maximum Gasteiger partial charge on any atom is 0.247 e. The Labute approximate surface area is 275 Å². The molecule has 4 aromatic rings. The van der Waals surface area contributed by atoms with Gasteiger partial charge in [-0.1, -0.05) is 54.6 Å². The number of aromatic nitrogens is 2. The molecule has 0 spiro atoms. The number of benzene rings is 3. The van der Waals surface area contributed by atoms with Crippen LogP contribution in [0.5, 0.6) is 5.75 Å². The van der Waals surface area contributed by atoms with Crippen LogP contribution in [-0.2, 0) is 32.5 Å². The number of H-pyrrole nitrogens is 1. The molecule has 0 aliphatic carbocycles. The number of amides is 2. The van der Waals surface area contributed by atoms with Crippen LogP contribution in [0.25, 0.3) is 11.1 Å². The van der Waals surface area contributed by atoms with Crippen molar-refractivity contribution in [1.29, 1.82) is 0 Å². The molecule has 250 valence electrons. The molecule has 0 saturated heterocycles. The number of carbonyl (C=O) groups excluding carboxylic acids is 2. The van der Waals surface area contributed by atoms with Crippen molar-refractivity contribution in [2.45, 2.75) is 43.0 Å². The molecule has 0 fully saturated rings. The fourth-order valence-electron chi connectivity index (χ4n) is 5.14. The van der Waals surface area contributed by atoms with Crippen molar-refractivity contribution in [3.63, 3.8) is 0 Å². The molecule has 1 aromatic heterocycles. The monoisotopic (exact) mass is 663 g/mol. The maximum absolute atomic E-state index is 13.5. The second-order valence-corrected chi connectivity index (χ2v) is 13.1. The SMILES string of the molecule is COc1ccc(S(=O)(=O)N(C)CN(O)C(=O)CCC(=O)N(CCCc2ccc(-c3ccccc3)cc2)C(CO)Cc2cnc[nH]2)cc1. The zero-order valence-electron chi connectivity index (χ0n) is 26.5.